The SMILES string of the molecule is COc1ccc(N2C(=O)C(=CC(Br)=Cc3ccccc3)SC2=S)cc1. The highest BCUT2D eigenvalue weighted by Gasteiger charge is 2.33. The highest BCUT2D eigenvalue weighted by Crippen LogP contribution is 2.36. The smallest absolute Gasteiger partial charge is 0.270 e. The molecule has 2 aromatic carbocycles. The summed E-state index contributed by atoms with van der Waals surface area (Å²) in [6.07, 6.45) is 3.76. The maximum Gasteiger partial charge on any atom is 0.270 e. The number of thioether (sulfide) groups is 1. The number of amides is 1. The lowest BCUT2D eigenvalue weighted by Crippen LogP contribution is -2.27. The number of hydrogen-bond acceptors (Lipinski definition) is 4. The minimum absolute atomic E-state index is 0.126. The molecule has 0 unspecified atom stereocenters. The van der Waals surface area contributed by atoms with E-state index in [4.69, 9.17) is 17.0 Å². The van der Waals surface area contributed by atoms with E-state index in [1.807, 2.05) is 60.7 Å². The van der Waals surface area contributed by atoms with Crippen molar-refractivity contribution in [1.29, 1.82) is 0 Å². The minimum Gasteiger partial charge on any atom is -0.497 e. The third kappa shape index (κ3) is 4.21. The molecule has 1 aliphatic rings. The molecule has 1 fully saturated rings. The van der Waals surface area contributed by atoms with Gasteiger partial charge < -0.3 is 4.74 Å². The van der Waals surface area contributed by atoms with Crippen LogP contribution in [-0.2, 0) is 4.79 Å². The molecule has 3 nitrogen and oxygen atoms in total. The van der Waals surface area contributed by atoms with Crippen molar-refractivity contribution in [1.82, 2.24) is 0 Å². The van der Waals surface area contributed by atoms with Gasteiger partial charge in [-0.05, 0) is 42.0 Å². The number of hydrogen-bond donors (Lipinski definition) is 0. The van der Waals surface area contributed by atoms with Crippen molar-refractivity contribution >= 4 is 61.9 Å². The van der Waals surface area contributed by atoms with Crippen LogP contribution in [0.5, 0.6) is 5.75 Å². The van der Waals surface area contributed by atoms with Crippen molar-refractivity contribution in [2.75, 3.05) is 12.0 Å². The summed E-state index contributed by atoms with van der Waals surface area (Å²) in [5.41, 5.74) is 1.78. The van der Waals surface area contributed by atoms with Crippen LogP contribution in [0.1, 0.15) is 5.56 Å². The van der Waals surface area contributed by atoms with Crippen LogP contribution in [0.25, 0.3) is 6.08 Å². The number of thiocarbonyl (C=S) groups is 1. The van der Waals surface area contributed by atoms with Crippen molar-refractivity contribution in [3.05, 3.63) is 75.6 Å². The van der Waals surface area contributed by atoms with Crippen LogP contribution in [0.4, 0.5) is 5.69 Å². The fourth-order valence-corrected chi connectivity index (χ4v) is 4.23. The normalized spacial score (nSPS) is 16.6. The predicted octanol–water partition coefficient (Wildman–Crippen LogP) is 5.38. The molecule has 1 heterocycles. The van der Waals surface area contributed by atoms with E-state index in [1.54, 1.807) is 13.2 Å². The number of benzene rings is 2. The van der Waals surface area contributed by atoms with E-state index in [9.17, 15) is 4.79 Å². The Hall–Kier alpha value is -1.89. The number of nitrogens with zero attached hydrogens (tertiary/aromatic N) is 1. The highest BCUT2D eigenvalue weighted by molar-refractivity contribution is 9.12. The van der Waals surface area contributed by atoms with Gasteiger partial charge in [-0.3, -0.25) is 9.69 Å². The Bertz CT molecular complexity index is 861. The molecule has 0 atom stereocenters. The summed E-state index contributed by atoms with van der Waals surface area (Å²) in [5.74, 6) is 0.608. The third-order valence-corrected chi connectivity index (χ3v) is 5.26. The van der Waals surface area contributed by atoms with Crippen LogP contribution in [-0.4, -0.2) is 17.3 Å². The van der Waals surface area contributed by atoms with Gasteiger partial charge in [0.25, 0.3) is 5.91 Å². The van der Waals surface area contributed by atoms with Crippen LogP contribution >= 0.6 is 39.9 Å². The maximum absolute atomic E-state index is 12.7. The summed E-state index contributed by atoms with van der Waals surface area (Å²) in [6, 6.07) is 17.2. The molecule has 0 N–H and O–H groups in total. The molecule has 0 aromatic heterocycles. The molecule has 0 radical (unpaired) electrons. The second kappa shape index (κ2) is 7.99. The monoisotopic (exact) mass is 431 g/mol. The summed E-state index contributed by atoms with van der Waals surface area (Å²) in [4.78, 5) is 14.8. The molecule has 0 bridgehead atoms. The molecule has 1 amide bonds. The number of carbonyl (C=O) groups excluding carboxylic acids is 1. The number of carbonyl (C=O) groups is 1. The zero-order valence-electron chi connectivity index (χ0n) is 13.3. The summed E-state index contributed by atoms with van der Waals surface area (Å²) in [7, 11) is 1.61. The molecule has 0 aliphatic carbocycles. The van der Waals surface area contributed by atoms with Crippen LogP contribution in [0.3, 0.4) is 0 Å². The van der Waals surface area contributed by atoms with Crippen LogP contribution < -0.4 is 9.64 Å². The van der Waals surface area contributed by atoms with E-state index in [0.29, 0.717) is 9.23 Å². The second-order valence-electron chi connectivity index (χ2n) is 5.16. The molecule has 6 heteroatoms. The molecule has 25 heavy (non-hydrogen) atoms. The van der Waals surface area contributed by atoms with Gasteiger partial charge in [0, 0.05) is 4.48 Å². The molecule has 3 rings (SSSR count). The summed E-state index contributed by atoms with van der Waals surface area (Å²) in [5, 5.41) is 0. The largest absolute Gasteiger partial charge is 0.497 e. The average Bonchev–Trinajstić information content (AvgIpc) is 2.89. The Labute approximate surface area is 164 Å². The zero-order valence-corrected chi connectivity index (χ0v) is 16.5. The zero-order chi connectivity index (χ0) is 17.8. The first kappa shape index (κ1) is 17.9. The Kier molecular flexibility index (Phi) is 5.73. The lowest BCUT2D eigenvalue weighted by atomic mass is 10.2. The Morgan fingerprint density at radius 1 is 1.16 bits per heavy atom. The lowest BCUT2D eigenvalue weighted by Gasteiger charge is -2.14. The molecule has 1 saturated heterocycles. The number of methoxy groups -OCH3 is 1. The first-order valence-corrected chi connectivity index (χ1v) is 9.44. The van der Waals surface area contributed by atoms with E-state index in [2.05, 4.69) is 15.9 Å². The van der Waals surface area contributed by atoms with Crippen LogP contribution in [0.2, 0.25) is 0 Å². The summed E-state index contributed by atoms with van der Waals surface area (Å²) >= 11 is 10.2. The van der Waals surface area contributed by atoms with Crippen molar-refractivity contribution in [3.8, 4) is 5.75 Å². The first-order valence-electron chi connectivity index (χ1n) is 7.43. The predicted molar refractivity (Wildman–Crippen MR) is 112 cm³/mol. The molecule has 0 spiro atoms. The fraction of sp³-hybridized carbons (Fsp3) is 0.0526. The average molecular weight is 432 g/mol. The standard InChI is InChI=1S/C19H14BrNO2S2/c1-23-16-9-7-15(8-10-16)21-18(22)17(25-19(21)24)12-14(20)11-13-5-3-2-4-6-13/h2-12H,1H3. The van der Waals surface area contributed by atoms with Crippen molar-refractivity contribution in [2.24, 2.45) is 0 Å². The van der Waals surface area contributed by atoms with Gasteiger partial charge in [0.05, 0.1) is 17.7 Å². The van der Waals surface area contributed by atoms with E-state index >= 15 is 0 Å². The molecule has 126 valence electrons. The van der Waals surface area contributed by atoms with Crippen LogP contribution in [0, 0.1) is 0 Å². The highest BCUT2D eigenvalue weighted by atomic mass is 79.9. The molecule has 2 aromatic rings. The number of rotatable bonds is 4. The Morgan fingerprint density at radius 3 is 2.48 bits per heavy atom. The Balaban J connectivity index is 1.84. The first-order chi connectivity index (χ1) is 12.1. The topological polar surface area (TPSA) is 29.5 Å². The van der Waals surface area contributed by atoms with Gasteiger partial charge >= 0.3 is 0 Å². The molecule has 1 aliphatic heterocycles. The van der Waals surface area contributed by atoms with E-state index in [0.717, 1.165) is 21.5 Å². The maximum atomic E-state index is 12.7. The lowest BCUT2D eigenvalue weighted by molar-refractivity contribution is -0.113. The number of halogens is 1. The summed E-state index contributed by atoms with van der Waals surface area (Å²) in [6.45, 7) is 0. The molecular formula is C19H14BrNO2S2. The van der Waals surface area contributed by atoms with Gasteiger partial charge in [-0.25, -0.2) is 0 Å². The van der Waals surface area contributed by atoms with Crippen molar-refractivity contribution in [2.45, 2.75) is 0 Å². The van der Waals surface area contributed by atoms with E-state index in [1.165, 1.54) is 16.7 Å². The van der Waals surface area contributed by atoms with Gasteiger partial charge in [0.2, 0.25) is 0 Å². The van der Waals surface area contributed by atoms with Crippen LogP contribution in [0.15, 0.2) is 70.1 Å². The fourth-order valence-electron chi connectivity index (χ4n) is 2.30. The molecular weight excluding hydrogens is 418 g/mol. The number of ether oxygens (including phenoxy) is 1. The second-order valence-corrected chi connectivity index (χ2v) is 7.75. The number of anilines is 1. The van der Waals surface area contributed by atoms with Gasteiger partial charge in [0.15, 0.2) is 4.32 Å². The third-order valence-electron chi connectivity index (χ3n) is 3.50. The summed E-state index contributed by atoms with van der Waals surface area (Å²) < 4.78 is 6.48. The van der Waals surface area contributed by atoms with Crippen molar-refractivity contribution < 1.29 is 9.53 Å². The van der Waals surface area contributed by atoms with Gasteiger partial charge in [-0.15, -0.1) is 0 Å². The van der Waals surface area contributed by atoms with E-state index in [-0.39, 0.29) is 5.91 Å². The number of allylic oxidation sites excluding steroid dienone is 2. The molecule has 0 saturated carbocycles. The van der Waals surface area contributed by atoms with E-state index < -0.39 is 0 Å². The quantitative estimate of drug-likeness (QED) is 0.479. The van der Waals surface area contributed by atoms with Crippen molar-refractivity contribution in [3.63, 3.8) is 0 Å². The minimum atomic E-state index is -0.126. The van der Waals surface area contributed by atoms with Gasteiger partial charge in [0.1, 0.15) is 5.75 Å². The van der Waals surface area contributed by atoms with Gasteiger partial charge in [-0.2, -0.15) is 0 Å². The Morgan fingerprint density at radius 2 is 1.84 bits per heavy atom. The van der Waals surface area contributed by atoms with Gasteiger partial charge in [-0.1, -0.05) is 70.2 Å².